The molecule has 17 heavy (non-hydrogen) atoms. The van der Waals surface area contributed by atoms with Crippen molar-refractivity contribution in [2.45, 2.75) is 32.9 Å². The fourth-order valence-corrected chi connectivity index (χ4v) is 1.79. The highest BCUT2D eigenvalue weighted by atomic mass is 127. The Kier molecular flexibility index (Phi) is 6.50. The van der Waals surface area contributed by atoms with E-state index in [1.54, 1.807) is 0 Å². The van der Waals surface area contributed by atoms with Crippen molar-refractivity contribution in [3.63, 3.8) is 0 Å². The lowest BCUT2D eigenvalue weighted by atomic mass is 10.2. The van der Waals surface area contributed by atoms with E-state index < -0.39 is 0 Å². The third kappa shape index (κ3) is 6.63. The highest BCUT2D eigenvalue weighted by Gasteiger charge is 2.02. The summed E-state index contributed by atoms with van der Waals surface area (Å²) in [4.78, 5) is 11.4. The van der Waals surface area contributed by atoms with Crippen LogP contribution in [0, 0.1) is 3.57 Å². The van der Waals surface area contributed by atoms with Gasteiger partial charge in [0.05, 0.1) is 0 Å². The lowest BCUT2D eigenvalue weighted by molar-refractivity contribution is -0.121. The number of carbonyl (C=O) groups excluding carboxylic acids is 1. The second-order valence-corrected chi connectivity index (χ2v) is 5.52. The number of carbonyl (C=O) groups is 1. The molecule has 1 aromatic rings. The van der Waals surface area contributed by atoms with Gasteiger partial charge in [-0.1, -0.05) is 12.1 Å². The number of hydrogen-bond acceptors (Lipinski definition) is 2. The number of hydrogen-bond donors (Lipinski definition) is 2. The van der Waals surface area contributed by atoms with Gasteiger partial charge in [0.2, 0.25) is 5.91 Å². The van der Waals surface area contributed by atoms with Crippen LogP contribution >= 0.6 is 22.6 Å². The summed E-state index contributed by atoms with van der Waals surface area (Å²) in [5, 5.41) is 6.13. The molecule has 0 atom stereocenters. The minimum atomic E-state index is 0.107. The third-order valence-corrected chi connectivity index (χ3v) is 2.94. The molecule has 1 amide bonds. The minimum Gasteiger partial charge on any atom is -0.354 e. The Hall–Kier alpha value is -0.620. The molecule has 0 aliphatic rings. The molecule has 0 unspecified atom stereocenters. The highest BCUT2D eigenvalue weighted by molar-refractivity contribution is 14.1. The van der Waals surface area contributed by atoms with E-state index in [0.29, 0.717) is 13.0 Å². The molecule has 0 fully saturated rings. The highest BCUT2D eigenvalue weighted by Crippen LogP contribution is 2.06. The van der Waals surface area contributed by atoms with Gasteiger partial charge in [0, 0.05) is 29.1 Å². The molecule has 2 N–H and O–H groups in total. The summed E-state index contributed by atoms with van der Waals surface area (Å²) in [5.74, 6) is 0.107. The van der Waals surface area contributed by atoms with E-state index in [0.717, 1.165) is 6.54 Å². The number of amides is 1. The molecule has 0 bridgehead atoms. The molecule has 0 saturated heterocycles. The molecule has 0 saturated carbocycles. The van der Waals surface area contributed by atoms with Crippen molar-refractivity contribution < 1.29 is 4.79 Å². The van der Waals surface area contributed by atoms with Crippen molar-refractivity contribution in [1.82, 2.24) is 10.6 Å². The van der Waals surface area contributed by atoms with E-state index in [9.17, 15) is 4.79 Å². The summed E-state index contributed by atoms with van der Waals surface area (Å²) in [7, 11) is 0. The first kappa shape index (κ1) is 14.4. The topological polar surface area (TPSA) is 41.1 Å². The van der Waals surface area contributed by atoms with Crippen LogP contribution in [0.4, 0.5) is 0 Å². The summed E-state index contributed by atoms with van der Waals surface area (Å²) >= 11 is 2.29. The van der Waals surface area contributed by atoms with Crippen molar-refractivity contribution in [3.05, 3.63) is 33.4 Å². The average molecular weight is 346 g/mol. The van der Waals surface area contributed by atoms with Gasteiger partial charge in [0.15, 0.2) is 0 Å². The maximum atomic E-state index is 11.4. The first-order chi connectivity index (χ1) is 8.08. The molecule has 3 nitrogen and oxygen atoms in total. The zero-order valence-electron chi connectivity index (χ0n) is 10.3. The van der Waals surface area contributed by atoms with Gasteiger partial charge < -0.3 is 10.6 Å². The summed E-state index contributed by atoms with van der Waals surface area (Å²) in [5.41, 5.74) is 1.25. The van der Waals surface area contributed by atoms with Crippen molar-refractivity contribution in [2.24, 2.45) is 0 Å². The van der Waals surface area contributed by atoms with Crippen LogP contribution in [0.15, 0.2) is 24.3 Å². The molecular formula is C13H19IN2O. The Labute approximate surface area is 117 Å². The van der Waals surface area contributed by atoms with E-state index in [-0.39, 0.29) is 11.9 Å². The number of rotatable bonds is 6. The number of nitrogens with one attached hydrogen (secondary N) is 2. The fourth-order valence-electron chi connectivity index (χ4n) is 1.43. The smallest absolute Gasteiger partial charge is 0.221 e. The van der Waals surface area contributed by atoms with Gasteiger partial charge in [-0.15, -0.1) is 0 Å². The second-order valence-electron chi connectivity index (χ2n) is 4.28. The molecule has 1 rings (SSSR count). The van der Waals surface area contributed by atoms with E-state index in [1.807, 2.05) is 13.8 Å². The van der Waals surface area contributed by atoms with Gasteiger partial charge in [-0.05, 0) is 54.1 Å². The zero-order valence-corrected chi connectivity index (χ0v) is 12.5. The molecule has 0 aromatic heterocycles. The maximum Gasteiger partial charge on any atom is 0.221 e. The van der Waals surface area contributed by atoms with Crippen LogP contribution in [-0.2, 0) is 11.3 Å². The maximum absolute atomic E-state index is 11.4. The molecule has 0 aliphatic heterocycles. The summed E-state index contributed by atoms with van der Waals surface area (Å²) in [6.07, 6.45) is 0.530. The van der Waals surface area contributed by atoms with Gasteiger partial charge in [0.25, 0.3) is 0 Å². The van der Waals surface area contributed by atoms with Crippen molar-refractivity contribution in [1.29, 1.82) is 0 Å². The van der Waals surface area contributed by atoms with E-state index in [4.69, 9.17) is 0 Å². The van der Waals surface area contributed by atoms with Gasteiger partial charge >= 0.3 is 0 Å². The van der Waals surface area contributed by atoms with Crippen LogP contribution in [0.3, 0.4) is 0 Å². The van der Waals surface area contributed by atoms with Crippen LogP contribution in [-0.4, -0.2) is 18.5 Å². The van der Waals surface area contributed by atoms with Crippen LogP contribution in [0.25, 0.3) is 0 Å². The summed E-state index contributed by atoms with van der Waals surface area (Å²) < 4.78 is 1.24. The predicted octanol–water partition coefficient (Wildman–Crippen LogP) is 2.30. The zero-order chi connectivity index (χ0) is 12.7. The SMILES string of the molecule is CC(C)NC(=O)CCNCc1ccc(I)cc1. The van der Waals surface area contributed by atoms with Crippen molar-refractivity contribution in [3.8, 4) is 0 Å². The van der Waals surface area contributed by atoms with Gasteiger partial charge in [0.1, 0.15) is 0 Å². The van der Waals surface area contributed by atoms with E-state index in [1.165, 1.54) is 9.13 Å². The van der Waals surface area contributed by atoms with Crippen LogP contribution in [0.5, 0.6) is 0 Å². The molecule has 0 heterocycles. The predicted molar refractivity (Wildman–Crippen MR) is 78.8 cm³/mol. The molecule has 4 heteroatoms. The molecule has 1 aromatic carbocycles. The largest absolute Gasteiger partial charge is 0.354 e. The molecule has 0 radical (unpaired) electrons. The standard InChI is InChI=1S/C13H19IN2O/c1-10(2)16-13(17)7-8-15-9-11-3-5-12(14)6-4-11/h3-6,10,15H,7-9H2,1-2H3,(H,16,17). The van der Waals surface area contributed by atoms with E-state index >= 15 is 0 Å². The lowest BCUT2D eigenvalue weighted by Crippen LogP contribution is -2.32. The van der Waals surface area contributed by atoms with Crippen LogP contribution < -0.4 is 10.6 Å². The van der Waals surface area contributed by atoms with Gasteiger partial charge in [-0.2, -0.15) is 0 Å². The molecule has 0 aliphatic carbocycles. The Morgan fingerprint density at radius 3 is 2.53 bits per heavy atom. The van der Waals surface area contributed by atoms with Gasteiger partial charge in [-0.25, -0.2) is 0 Å². The van der Waals surface area contributed by atoms with Gasteiger partial charge in [-0.3, -0.25) is 4.79 Å². The van der Waals surface area contributed by atoms with Crippen molar-refractivity contribution in [2.75, 3.05) is 6.54 Å². The number of halogens is 1. The van der Waals surface area contributed by atoms with E-state index in [2.05, 4.69) is 57.5 Å². The summed E-state index contributed by atoms with van der Waals surface area (Å²) in [6.45, 7) is 5.46. The Morgan fingerprint density at radius 1 is 1.29 bits per heavy atom. The first-order valence-electron chi connectivity index (χ1n) is 5.82. The first-order valence-corrected chi connectivity index (χ1v) is 6.90. The Balaban J connectivity index is 2.16. The minimum absolute atomic E-state index is 0.107. The van der Waals surface area contributed by atoms with Crippen LogP contribution in [0.1, 0.15) is 25.8 Å². The van der Waals surface area contributed by atoms with Crippen LogP contribution in [0.2, 0.25) is 0 Å². The second kappa shape index (κ2) is 7.66. The quantitative estimate of drug-likeness (QED) is 0.613. The Morgan fingerprint density at radius 2 is 1.94 bits per heavy atom. The molecular weight excluding hydrogens is 327 g/mol. The summed E-state index contributed by atoms with van der Waals surface area (Å²) in [6, 6.07) is 8.59. The lowest BCUT2D eigenvalue weighted by Gasteiger charge is -2.08. The normalized spacial score (nSPS) is 10.6. The average Bonchev–Trinajstić information content (AvgIpc) is 2.26. The molecule has 0 spiro atoms. The van der Waals surface area contributed by atoms with Crippen molar-refractivity contribution >= 4 is 28.5 Å². The number of benzene rings is 1. The fraction of sp³-hybridized carbons (Fsp3) is 0.462. The monoisotopic (exact) mass is 346 g/mol. The third-order valence-electron chi connectivity index (χ3n) is 2.22. The Bertz CT molecular complexity index is 349. The molecule has 94 valence electrons.